The molecule has 0 saturated heterocycles. The summed E-state index contributed by atoms with van der Waals surface area (Å²) in [5.74, 6) is 0.784. The summed E-state index contributed by atoms with van der Waals surface area (Å²) >= 11 is 5.96. The molecule has 0 atom stereocenters. The van der Waals surface area contributed by atoms with Gasteiger partial charge >= 0.3 is 0 Å². The lowest BCUT2D eigenvalue weighted by Crippen LogP contribution is -1.90. The Morgan fingerprint density at radius 2 is 1.96 bits per heavy atom. The Morgan fingerprint density at radius 1 is 1.16 bits per heavy atom. The lowest BCUT2D eigenvalue weighted by Gasteiger charge is -2.00. The molecule has 1 heterocycles. The van der Waals surface area contributed by atoms with Gasteiger partial charge in [0.05, 0.1) is 22.1 Å². The molecule has 1 aromatic heterocycles. The predicted octanol–water partition coefficient (Wildman–Crippen LogP) is 5.57. The molecule has 3 rings (SSSR count). The van der Waals surface area contributed by atoms with Crippen molar-refractivity contribution in [2.24, 2.45) is 0 Å². The van der Waals surface area contributed by atoms with E-state index in [1.165, 1.54) is 6.07 Å². The molecule has 0 aliphatic heterocycles. The van der Waals surface area contributed by atoms with Crippen molar-refractivity contribution in [2.75, 3.05) is 0 Å². The highest BCUT2D eigenvalue weighted by molar-refractivity contribution is 6.30. The van der Waals surface area contributed by atoms with E-state index in [1.54, 1.807) is 60.7 Å². The molecule has 0 radical (unpaired) electrons. The largest absolute Gasteiger partial charge is 0.456 e. The fraction of sp³-hybridized carbons (Fsp3) is 0. The fourth-order valence-electron chi connectivity index (χ4n) is 2.39. The second-order valence-electron chi connectivity index (χ2n) is 5.16. The molecule has 25 heavy (non-hydrogen) atoms. The third-order valence-corrected chi connectivity index (χ3v) is 3.77. The second kappa shape index (κ2) is 7.04. The van der Waals surface area contributed by atoms with Gasteiger partial charge < -0.3 is 4.42 Å². The van der Waals surface area contributed by atoms with Crippen LogP contribution >= 0.6 is 11.6 Å². The van der Waals surface area contributed by atoms with Crippen LogP contribution in [0.2, 0.25) is 5.02 Å². The highest BCUT2D eigenvalue weighted by atomic mass is 35.5. The monoisotopic (exact) mass is 350 g/mol. The molecule has 0 aliphatic carbocycles. The maximum Gasteiger partial charge on any atom is 0.280 e. The van der Waals surface area contributed by atoms with Gasteiger partial charge in [-0.05, 0) is 42.0 Å². The summed E-state index contributed by atoms with van der Waals surface area (Å²) in [4.78, 5) is 10.7. The van der Waals surface area contributed by atoms with Crippen LogP contribution in [0.4, 0.5) is 5.69 Å². The number of nitrogens with zero attached hydrogens (tertiary/aromatic N) is 2. The first-order valence-electron chi connectivity index (χ1n) is 7.30. The maximum atomic E-state index is 11.1. The summed E-state index contributed by atoms with van der Waals surface area (Å²) in [5, 5.41) is 21.0. The van der Waals surface area contributed by atoms with Gasteiger partial charge in [-0.2, -0.15) is 5.26 Å². The summed E-state index contributed by atoms with van der Waals surface area (Å²) in [6, 6.07) is 18.7. The zero-order valence-electron chi connectivity index (χ0n) is 12.8. The molecule has 0 unspecified atom stereocenters. The zero-order valence-corrected chi connectivity index (χ0v) is 13.6. The van der Waals surface area contributed by atoms with E-state index in [4.69, 9.17) is 16.0 Å². The Labute approximate surface area is 148 Å². The smallest absolute Gasteiger partial charge is 0.280 e. The number of rotatable bonds is 4. The Hall–Kier alpha value is -3.36. The topological polar surface area (TPSA) is 80.1 Å². The first-order chi connectivity index (χ1) is 12.1. The molecule has 0 aliphatic rings. The van der Waals surface area contributed by atoms with Crippen molar-refractivity contribution >= 4 is 28.9 Å². The Morgan fingerprint density at radius 3 is 2.68 bits per heavy atom. The van der Waals surface area contributed by atoms with Crippen molar-refractivity contribution in [3.8, 4) is 17.4 Å². The molecule has 2 aromatic carbocycles. The van der Waals surface area contributed by atoms with Crippen LogP contribution in [0.15, 0.2) is 65.1 Å². The van der Waals surface area contributed by atoms with Gasteiger partial charge in [0.25, 0.3) is 5.69 Å². The van der Waals surface area contributed by atoms with Crippen molar-refractivity contribution in [2.45, 2.75) is 0 Å². The highest BCUT2D eigenvalue weighted by Gasteiger charge is 2.17. The van der Waals surface area contributed by atoms with Crippen LogP contribution in [-0.4, -0.2) is 4.92 Å². The van der Waals surface area contributed by atoms with Gasteiger partial charge in [0, 0.05) is 11.1 Å². The molecule has 0 fully saturated rings. The van der Waals surface area contributed by atoms with E-state index < -0.39 is 4.92 Å². The minimum absolute atomic E-state index is 0.0391. The van der Waals surface area contributed by atoms with Crippen LogP contribution in [0.1, 0.15) is 11.3 Å². The van der Waals surface area contributed by atoms with Crippen molar-refractivity contribution in [1.82, 2.24) is 0 Å². The molecular weight excluding hydrogens is 340 g/mol. The van der Waals surface area contributed by atoms with Gasteiger partial charge in [-0.15, -0.1) is 0 Å². The number of nitro benzene ring substituents is 1. The molecule has 5 nitrogen and oxygen atoms in total. The standard InChI is InChI=1S/C19H11ClN2O3/c20-15-5-3-4-13(10-15)14(12-21)11-16-8-9-19(25-16)17-6-1-2-7-18(17)22(23)24/h1-11H/b14-11+. The number of para-hydroxylation sites is 1. The molecule has 0 amide bonds. The first kappa shape index (κ1) is 16.5. The third-order valence-electron chi connectivity index (χ3n) is 3.54. The molecular formula is C19H11ClN2O3. The predicted molar refractivity (Wildman–Crippen MR) is 95.7 cm³/mol. The van der Waals surface area contributed by atoms with Gasteiger partial charge in [-0.1, -0.05) is 35.9 Å². The molecule has 0 N–H and O–H groups in total. The summed E-state index contributed by atoms with van der Waals surface area (Å²) in [5.41, 5.74) is 1.39. The van der Waals surface area contributed by atoms with E-state index in [-0.39, 0.29) is 5.69 Å². The lowest BCUT2D eigenvalue weighted by atomic mass is 10.1. The van der Waals surface area contributed by atoms with Crippen LogP contribution < -0.4 is 0 Å². The number of nitro groups is 1. The minimum atomic E-state index is -0.458. The van der Waals surface area contributed by atoms with E-state index in [2.05, 4.69) is 6.07 Å². The normalized spacial score (nSPS) is 11.1. The quantitative estimate of drug-likeness (QED) is 0.350. The number of furan rings is 1. The van der Waals surface area contributed by atoms with Crippen molar-refractivity contribution < 1.29 is 9.34 Å². The second-order valence-corrected chi connectivity index (χ2v) is 5.59. The highest BCUT2D eigenvalue weighted by Crippen LogP contribution is 2.32. The SMILES string of the molecule is N#C/C(=C\c1ccc(-c2ccccc2[N+](=O)[O-])o1)c1cccc(Cl)c1. The van der Waals surface area contributed by atoms with Gasteiger partial charge in [0.1, 0.15) is 11.5 Å². The summed E-state index contributed by atoms with van der Waals surface area (Å²) in [6.45, 7) is 0. The lowest BCUT2D eigenvalue weighted by molar-refractivity contribution is -0.384. The Balaban J connectivity index is 1.99. The summed E-state index contributed by atoms with van der Waals surface area (Å²) in [7, 11) is 0. The van der Waals surface area contributed by atoms with E-state index in [0.717, 1.165) is 0 Å². The molecule has 0 spiro atoms. The van der Waals surface area contributed by atoms with Crippen molar-refractivity contribution in [1.29, 1.82) is 5.26 Å². The third kappa shape index (κ3) is 3.60. The van der Waals surface area contributed by atoms with Gasteiger partial charge in [0.2, 0.25) is 0 Å². The number of hydrogen-bond donors (Lipinski definition) is 0. The van der Waals surface area contributed by atoms with Crippen molar-refractivity contribution in [3.05, 3.63) is 87.1 Å². The van der Waals surface area contributed by atoms with E-state index in [0.29, 0.717) is 33.2 Å². The summed E-state index contributed by atoms with van der Waals surface area (Å²) in [6.07, 6.45) is 1.57. The van der Waals surface area contributed by atoms with Crippen LogP contribution in [0.3, 0.4) is 0 Å². The number of nitriles is 1. The van der Waals surface area contributed by atoms with Crippen LogP contribution in [-0.2, 0) is 0 Å². The van der Waals surface area contributed by atoms with Crippen molar-refractivity contribution in [3.63, 3.8) is 0 Å². The Bertz CT molecular complexity index is 1020. The number of allylic oxidation sites excluding steroid dienone is 1. The van der Waals surface area contributed by atoms with Gasteiger partial charge in [0.15, 0.2) is 0 Å². The molecule has 6 heteroatoms. The van der Waals surface area contributed by atoms with E-state index in [1.807, 2.05) is 0 Å². The molecule has 122 valence electrons. The first-order valence-corrected chi connectivity index (χ1v) is 7.67. The van der Waals surface area contributed by atoms with Gasteiger partial charge in [-0.3, -0.25) is 10.1 Å². The van der Waals surface area contributed by atoms with E-state index in [9.17, 15) is 15.4 Å². The average molecular weight is 351 g/mol. The van der Waals surface area contributed by atoms with Gasteiger partial charge in [-0.25, -0.2) is 0 Å². The molecule has 3 aromatic rings. The van der Waals surface area contributed by atoms with Crippen LogP contribution in [0.5, 0.6) is 0 Å². The van der Waals surface area contributed by atoms with Crippen LogP contribution in [0.25, 0.3) is 23.0 Å². The maximum absolute atomic E-state index is 11.1. The average Bonchev–Trinajstić information content (AvgIpc) is 3.08. The number of benzene rings is 2. The molecule has 0 bridgehead atoms. The summed E-state index contributed by atoms with van der Waals surface area (Å²) < 4.78 is 5.68. The van der Waals surface area contributed by atoms with Crippen LogP contribution in [0, 0.1) is 21.4 Å². The molecule has 0 saturated carbocycles. The Kier molecular flexibility index (Phi) is 4.64. The van der Waals surface area contributed by atoms with E-state index >= 15 is 0 Å². The zero-order chi connectivity index (χ0) is 17.8. The number of halogens is 1. The number of hydrogen-bond acceptors (Lipinski definition) is 4. The minimum Gasteiger partial charge on any atom is -0.456 e. The fourth-order valence-corrected chi connectivity index (χ4v) is 2.59.